The maximum absolute atomic E-state index is 14.3. The van der Waals surface area contributed by atoms with Crippen LogP contribution in [0.15, 0.2) is 82.3 Å². The van der Waals surface area contributed by atoms with Crippen molar-refractivity contribution in [3.63, 3.8) is 0 Å². The van der Waals surface area contributed by atoms with Crippen LogP contribution in [0.4, 0.5) is 13.2 Å². The van der Waals surface area contributed by atoms with Crippen LogP contribution in [0.25, 0.3) is 16.7 Å². The fraction of sp³-hybridized carbons (Fsp3) is 0.154. The second kappa shape index (κ2) is 10.2. The second-order valence-corrected chi connectivity index (χ2v) is 10.3. The third kappa shape index (κ3) is 5.73. The molecule has 3 aromatic rings. The van der Waals surface area contributed by atoms with Crippen LogP contribution < -0.4 is 10.7 Å². The number of aromatic nitrogens is 2. The Morgan fingerprint density at radius 1 is 1.05 bits per heavy atom. The van der Waals surface area contributed by atoms with E-state index in [4.69, 9.17) is 5.14 Å². The molecule has 37 heavy (non-hydrogen) atoms. The minimum absolute atomic E-state index is 0.0183. The summed E-state index contributed by atoms with van der Waals surface area (Å²) < 4.78 is 67.4. The average Bonchev–Trinajstić information content (AvgIpc) is 2.82. The maximum Gasteiger partial charge on any atom is 0.275 e. The van der Waals surface area contributed by atoms with Crippen molar-refractivity contribution in [2.24, 2.45) is 5.14 Å². The van der Waals surface area contributed by atoms with Crippen LogP contribution in [0.2, 0.25) is 0 Å². The van der Waals surface area contributed by atoms with Crippen molar-refractivity contribution in [2.75, 3.05) is 14.1 Å². The molecule has 0 bridgehead atoms. The molecule has 4 rings (SSSR count). The fourth-order valence-electron chi connectivity index (χ4n) is 4.05. The monoisotopic (exact) mass is 528 g/mol. The first-order valence-electron chi connectivity index (χ1n) is 11.1. The second-order valence-electron chi connectivity index (χ2n) is 8.70. The van der Waals surface area contributed by atoms with Crippen LogP contribution in [-0.2, 0) is 16.6 Å². The Morgan fingerprint density at radius 2 is 1.73 bits per heavy atom. The van der Waals surface area contributed by atoms with E-state index in [2.05, 4.69) is 5.10 Å². The summed E-state index contributed by atoms with van der Waals surface area (Å²) in [7, 11) is -0.614. The molecule has 2 N–H and O–H groups in total. The molecule has 0 aliphatic heterocycles. The van der Waals surface area contributed by atoms with Gasteiger partial charge in [0, 0.05) is 49.5 Å². The lowest BCUT2D eigenvalue weighted by Gasteiger charge is -2.20. The minimum atomic E-state index is -4.19. The van der Waals surface area contributed by atoms with Gasteiger partial charge in [0.1, 0.15) is 17.5 Å². The van der Waals surface area contributed by atoms with Gasteiger partial charge in [0.15, 0.2) is 0 Å². The van der Waals surface area contributed by atoms with Gasteiger partial charge in [-0.1, -0.05) is 30.4 Å². The minimum Gasteiger partial charge on any atom is -0.383 e. The van der Waals surface area contributed by atoms with E-state index >= 15 is 0 Å². The predicted octanol–water partition coefficient (Wildman–Crippen LogP) is 3.78. The van der Waals surface area contributed by atoms with Crippen LogP contribution >= 0.6 is 0 Å². The molecule has 11 heteroatoms. The first-order chi connectivity index (χ1) is 17.4. The molecule has 0 atom stereocenters. The van der Waals surface area contributed by atoms with E-state index in [1.54, 1.807) is 31.3 Å². The van der Waals surface area contributed by atoms with Gasteiger partial charge in [-0.15, -0.1) is 0 Å². The topological polar surface area (TPSA) is 98.3 Å². The van der Waals surface area contributed by atoms with Crippen LogP contribution in [0.3, 0.4) is 0 Å². The molecule has 0 spiro atoms. The van der Waals surface area contributed by atoms with Crippen molar-refractivity contribution >= 4 is 15.6 Å². The van der Waals surface area contributed by atoms with Crippen molar-refractivity contribution < 1.29 is 21.6 Å². The van der Waals surface area contributed by atoms with E-state index in [0.717, 1.165) is 22.9 Å². The highest BCUT2D eigenvalue weighted by Gasteiger charge is 2.26. The van der Waals surface area contributed by atoms with E-state index in [1.165, 1.54) is 30.5 Å². The van der Waals surface area contributed by atoms with Gasteiger partial charge in [-0.05, 0) is 29.3 Å². The summed E-state index contributed by atoms with van der Waals surface area (Å²) in [6, 6.07) is 8.03. The summed E-state index contributed by atoms with van der Waals surface area (Å²) in [6.07, 6.45) is 6.25. The predicted molar refractivity (Wildman–Crippen MR) is 135 cm³/mol. The highest BCUT2D eigenvalue weighted by atomic mass is 32.2. The number of nitrogens with zero attached hydrogens (tertiary/aromatic N) is 3. The molecule has 1 aliphatic carbocycles. The third-order valence-corrected chi connectivity index (χ3v) is 6.75. The Labute approximate surface area is 211 Å². The number of primary sulfonamides is 1. The number of halogens is 3. The van der Waals surface area contributed by atoms with Crippen LogP contribution in [0.1, 0.15) is 17.5 Å². The Morgan fingerprint density at radius 3 is 2.35 bits per heavy atom. The van der Waals surface area contributed by atoms with Gasteiger partial charge < -0.3 is 4.90 Å². The Bertz CT molecular complexity index is 1620. The highest BCUT2D eigenvalue weighted by Crippen LogP contribution is 2.36. The molecule has 1 aromatic heterocycles. The number of allylic oxidation sites excluding steroid dienone is 5. The summed E-state index contributed by atoms with van der Waals surface area (Å²) in [5, 5.41) is 9.70. The maximum atomic E-state index is 14.3. The number of hydrogen-bond acceptors (Lipinski definition) is 5. The van der Waals surface area contributed by atoms with Crippen LogP contribution in [0, 0.1) is 17.5 Å². The standard InChI is InChI=1S/C26H23F3N4O3S/c1-32(2)14-16-3-10-21(24(11-16)37(30,35)36)22-13-31-33(15-18-6-9-20(28)12-23(18)29)26(34)25(22)17-4-7-19(27)8-5-17/h3-10,12-14H,11,15H2,1-2H3,(H2,30,35,36). The van der Waals surface area contributed by atoms with E-state index < -0.39 is 33.0 Å². The molecule has 7 nitrogen and oxygen atoms in total. The molecule has 0 fully saturated rings. The lowest BCUT2D eigenvalue weighted by molar-refractivity contribution is 0.551. The smallest absolute Gasteiger partial charge is 0.275 e. The third-order valence-electron chi connectivity index (χ3n) is 5.70. The van der Waals surface area contributed by atoms with Crippen LogP contribution in [-0.4, -0.2) is 37.2 Å². The van der Waals surface area contributed by atoms with Crippen molar-refractivity contribution in [3.8, 4) is 11.1 Å². The molecular weight excluding hydrogens is 505 g/mol. The summed E-state index contributed by atoms with van der Waals surface area (Å²) in [5.74, 6) is -2.15. The van der Waals surface area contributed by atoms with E-state index in [-0.39, 0.29) is 40.1 Å². The molecule has 0 saturated carbocycles. The number of nitrogens with two attached hydrogens (primary N) is 1. The van der Waals surface area contributed by atoms with Crippen molar-refractivity contribution in [1.82, 2.24) is 14.7 Å². The lowest BCUT2D eigenvalue weighted by Crippen LogP contribution is -2.27. The van der Waals surface area contributed by atoms with Gasteiger partial charge >= 0.3 is 0 Å². The quantitative estimate of drug-likeness (QED) is 0.525. The van der Waals surface area contributed by atoms with Gasteiger partial charge in [0.25, 0.3) is 5.56 Å². The Hall–Kier alpha value is -3.96. The summed E-state index contributed by atoms with van der Waals surface area (Å²) in [5.41, 5.74) is 0.666. The number of hydrogen-bond donors (Lipinski definition) is 1. The summed E-state index contributed by atoms with van der Waals surface area (Å²) in [6.45, 7) is -0.313. The van der Waals surface area contributed by atoms with Crippen molar-refractivity contribution in [1.29, 1.82) is 0 Å². The molecule has 1 aliphatic rings. The van der Waals surface area contributed by atoms with Gasteiger partial charge in [0.05, 0.1) is 23.2 Å². The Kier molecular flexibility index (Phi) is 7.19. The molecule has 0 saturated heterocycles. The van der Waals surface area contributed by atoms with E-state index in [0.29, 0.717) is 17.2 Å². The first-order valence-corrected chi connectivity index (χ1v) is 12.6. The Balaban J connectivity index is 1.95. The van der Waals surface area contributed by atoms with Crippen molar-refractivity contribution in [3.05, 3.63) is 116 Å². The highest BCUT2D eigenvalue weighted by molar-refractivity contribution is 7.93. The van der Waals surface area contributed by atoms with E-state index in [1.807, 2.05) is 0 Å². The van der Waals surface area contributed by atoms with Gasteiger partial charge in [-0.25, -0.2) is 31.4 Å². The zero-order chi connectivity index (χ0) is 26.9. The molecule has 192 valence electrons. The van der Waals surface area contributed by atoms with Gasteiger partial charge in [0.2, 0.25) is 10.0 Å². The summed E-state index contributed by atoms with van der Waals surface area (Å²) >= 11 is 0. The van der Waals surface area contributed by atoms with Gasteiger partial charge in [-0.3, -0.25) is 4.79 Å². The summed E-state index contributed by atoms with van der Waals surface area (Å²) in [4.78, 5) is 15.3. The fourth-order valence-corrected chi connectivity index (χ4v) is 4.90. The normalized spacial score (nSPS) is 14.9. The molecule has 1 heterocycles. The molecule has 0 amide bonds. The molecular formula is C26H23F3N4O3S. The first kappa shape index (κ1) is 26.1. The largest absolute Gasteiger partial charge is 0.383 e. The molecule has 0 radical (unpaired) electrons. The zero-order valence-electron chi connectivity index (χ0n) is 20.0. The van der Waals surface area contributed by atoms with Gasteiger partial charge in [-0.2, -0.15) is 5.10 Å². The van der Waals surface area contributed by atoms with Crippen molar-refractivity contribution in [2.45, 2.75) is 13.0 Å². The number of rotatable bonds is 6. The molecule has 0 unspecified atom stereocenters. The molecule has 2 aromatic carbocycles. The SMILES string of the molecule is CN(C)C=C1C=CC(c2cnn(Cc3ccc(F)cc3F)c(=O)c2-c2ccc(F)cc2)=C(S(N)(=O)=O)C1. The average molecular weight is 529 g/mol. The van der Waals surface area contributed by atoms with Crippen LogP contribution in [0.5, 0.6) is 0 Å². The van der Waals surface area contributed by atoms with E-state index in [9.17, 15) is 26.4 Å². The number of sulfonamides is 1. The zero-order valence-corrected chi connectivity index (χ0v) is 20.8. The number of benzene rings is 2. The lowest BCUT2D eigenvalue weighted by atomic mass is 9.92.